The van der Waals surface area contributed by atoms with Crippen LogP contribution in [0.15, 0.2) is 30.3 Å². The maximum absolute atomic E-state index is 10.8. The van der Waals surface area contributed by atoms with Crippen molar-refractivity contribution in [1.29, 1.82) is 0 Å². The number of aryl methyl sites for hydroxylation is 1. The lowest BCUT2D eigenvalue weighted by Gasteiger charge is -2.20. The van der Waals surface area contributed by atoms with Crippen LogP contribution in [-0.2, 0) is 11.2 Å². The first-order valence-corrected chi connectivity index (χ1v) is 6.60. The molecular formula is C15H20O3. The fourth-order valence-corrected chi connectivity index (χ4v) is 3.01. The normalized spacial score (nSPS) is 27.3. The van der Waals surface area contributed by atoms with Gasteiger partial charge in [-0.3, -0.25) is 4.79 Å². The predicted octanol–water partition coefficient (Wildman–Crippen LogP) is 2.48. The third-order valence-corrected chi connectivity index (χ3v) is 3.98. The van der Waals surface area contributed by atoms with Crippen molar-refractivity contribution in [1.82, 2.24) is 0 Å². The Labute approximate surface area is 107 Å². The highest BCUT2D eigenvalue weighted by Crippen LogP contribution is 2.37. The summed E-state index contributed by atoms with van der Waals surface area (Å²) in [5.41, 5.74) is 1.26. The first-order valence-electron chi connectivity index (χ1n) is 6.60. The summed E-state index contributed by atoms with van der Waals surface area (Å²) in [7, 11) is 0. The molecule has 3 unspecified atom stereocenters. The molecule has 3 nitrogen and oxygen atoms in total. The number of aliphatic hydroxyl groups is 1. The minimum Gasteiger partial charge on any atom is -0.481 e. The van der Waals surface area contributed by atoms with Gasteiger partial charge in [-0.25, -0.2) is 0 Å². The van der Waals surface area contributed by atoms with Gasteiger partial charge in [0.05, 0.1) is 6.10 Å². The molecular weight excluding hydrogens is 228 g/mol. The highest BCUT2D eigenvalue weighted by Gasteiger charge is 2.35. The van der Waals surface area contributed by atoms with Crippen molar-refractivity contribution in [3.8, 4) is 0 Å². The SMILES string of the molecule is O=C(O)CC1CCC(O)C1CCc1ccccc1. The van der Waals surface area contributed by atoms with E-state index in [1.807, 2.05) is 18.2 Å². The third kappa shape index (κ3) is 3.33. The van der Waals surface area contributed by atoms with Crippen molar-refractivity contribution >= 4 is 5.97 Å². The van der Waals surface area contributed by atoms with E-state index in [0.29, 0.717) is 0 Å². The van der Waals surface area contributed by atoms with Gasteiger partial charge in [0.25, 0.3) is 0 Å². The molecule has 3 atom stereocenters. The van der Waals surface area contributed by atoms with Crippen LogP contribution in [0.25, 0.3) is 0 Å². The zero-order chi connectivity index (χ0) is 13.0. The van der Waals surface area contributed by atoms with Gasteiger partial charge in [-0.1, -0.05) is 30.3 Å². The molecule has 1 aliphatic rings. The molecule has 18 heavy (non-hydrogen) atoms. The van der Waals surface area contributed by atoms with E-state index in [1.54, 1.807) is 0 Å². The number of carboxylic acids is 1. The lowest BCUT2D eigenvalue weighted by molar-refractivity contribution is -0.138. The molecule has 2 N–H and O–H groups in total. The highest BCUT2D eigenvalue weighted by atomic mass is 16.4. The van der Waals surface area contributed by atoms with E-state index in [2.05, 4.69) is 12.1 Å². The van der Waals surface area contributed by atoms with Crippen molar-refractivity contribution < 1.29 is 15.0 Å². The quantitative estimate of drug-likeness (QED) is 0.841. The Morgan fingerprint density at radius 2 is 1.94 bits per heavy atom. The van der Waals surface area contributed by atoms with Gasteiger partial charge in [-0.05, 0) is 43.1 Å². The zero-order valence-electron chi connectivity index (χ0n) is 10.5. The van der Waals surface area contributed by atoms with E-state index in [4.69, 9.17) is 5.11 Å². The molecule has 0 bridgehead atoms. The van der Waals surface area contributed by atoms with Gasteiger partial charge in [-0.15, -0.1) is 0 Å². The molecule has 0 amide bonds. The Morgan fingerprint density at radius 3 is 2.61 bits per heavy atom. The molecule has 0 spiro atoms. The first-order chi connectivity index (χ1) is 8.66. The molecule has 1 aromatic carbocycles. The van der Waals surface area contributed by atoms with E-state index in [0.717, 1.165) is 25.7 Å². The van der Waals surface area contributed by atoms with Gasteiger partial charge in [-0.2, -0.15) is 0 Å². The summed E-state index contributed by atoms with van der Waals surface area (Å²) in [6.07, 6.45) is 3.25. The Bertz CT molecular complexity index is 388. The summed E-state index contributed by atoms with van der Waals surface area (Å²) in [5.74, 6) is -0.471. The monoisotopic (exact) mass is 248 g/mol. The van der Waals surface area contributed by atoms with Crippen LogP contribution in [0.2, 0.25) is 0 Å². The van der Waals surface area contributed by atoms with E-state index >= 15 is 0 Å². The Balaban J connectivity index is 1.91. The smallest absolute Gasteiger partial charge is 0.303 e. The van der Waals surface area contributed by atoms with Crippen LogP contribution in [0.4, 0.5) is 0 Å². The molecule has 1 aromatic rings. The summed E-state index contributed by atoms with van der Waals surface area (Å²) in [6, 6.07) is 10.2. The van der Waals surface area contributed by atoms with Gasteiger partial charge in [0.2, 0.25) is 0 Å². The molecule has 0 heterocycles. The maximum atomic E-state index is 10.8. The number of benzene rings is 1. The summed E-state index contributed by atoms with van der Waals surface area (Å²) in [6.45, 7) is 0. The van der Waals surface area contributed by atoms with Gasteiger partial charge < -0.3 is 10.2 Å². The van der Waals surface area contributed by atoms with Crippen LogP contribution in [0.3, 0.4) is 0 Å². The molecule has 1 aliphatic carbocycles. The molecule has 3 heteroatoms. The van der Waals surface area contributed by atoms with Gasteiger partial charge in [0, 0.05) is 6.42 Å². The molecule has 0 aliphatic heterocycles. The Morgan fingerprint density at radius 1 is 1.22 bits per heavy atom. The number of aliphatic carboxylic acids is 1. The van der Waals surface area contributed by atoms with Crippen molar-refractivity contribution in [2.75, 3.05) is 0 Å². The Hall–Kier alpha value is -1.35. The zero-order valence-corrected chi connectivity index (χ0v) is 10.5. The van der Waals surface area contributed by atoms with E-state index in [-0.39, 0.29) is 24.4 Å². The molecule has 0 radical (unpaired) electrons. The lowest BCUT2D eigenvalue weighted by Crippen LogP contribution is -2.21. The first kappa shape index (κ1) is 13.1. The standard InChI is InChI=1S/C15H20O3/c16-14-9-7-12(10-15(17)18)13(14)8-6-11-4-2-1-3-5-11/h1-5,12-14,16H,6-10H2,(H,17,18). The minimum atomic E-state index is -0.751. The topological polar surface area (TPSA) is 57.5 Å². The predicted molar refractivity (Wildman–Crippen MR) is 69.2 cm³/mol. The second-order valence-electron chi connectivity index (χ2n) is 5.19. The van der Waals surface area contributed by atoms with Crippen LogP contribution < -0.4 is 0 Å². The summed E-state index contributed by atoms with van der Waals surface area (Å²) in [5, 5.41) is 18.8. The van der Waals surface area contributed by atoms with Crippen LogP contribution in [0, 0.1) is 11.8 Å². The summed E-state index contributed by atoms with van der Waals surface area (Å²) in [4.78, 5) is 10.8. The van der Waals surface area contributed by atoms with Crippen LogP contribution in [0.1, 0.15) is 31.2 Å². The highest BCUT2D eigenvalue weighted by molar-refractivity contribution is 5.67. The average molecular weight is 248 g/mol. The molecule has 2 rings (SSSR count). The van der Waals surface area contributed by atoms with Crippen LogP contribution in [-0.4, -0.2) is 22.3 Å². The molecule has 1 saturated carbocycles. The van der Waals surface area contributed by atoms with Crippen molar-refractivity contribution in [3.05, 3.63) is 35.9 Å². The lowest BCUT2D eigenvalue weighted by atomic mass is 9.87. The maximum Gasteiger partial charge on any atom is 0.303 e. The molecule has 0 aromatic heterocycles. The van der Waals surface area contributed by atoms with Crippen LogP contribution >= 0.6 is 0 Å². The second kappa shape index (κ2) is 6.01. The number of hydrogen-bond donors (Lipinski definition) is 2. The average Bonchev–Trinajstić information content (AvgIpc) is 2.68. The largest absolute Gasteiger partial charge is 0.481 e. The van der Waals surface area contributed by atoms with E-state index in [9.17, 15) is 9.90 Å². The number of hydrogen-bond acceptors (Lipinski definition) is 2. The fourth-order valence-electron chi connectivity index (χ4n) is 3.01. The minimum absolute atomic E-state index is 0.140. The van der Waals surface area contributed by atoms with Gasteiger partial charge >= 0.3 is 5.97 Å². The fraction of sp³-hybridized carbons (Fsp3) is 0.533. The van der Waals surface area contributed by atoms with Crippen molar-refractivity contribution in [3.63, 3.8) is 0 Å². The molecule has 1 fully saturated rings. The van der Waals surface area contributed by atoms with Crippen molar-refractivity contribution in [2.45, 2.75) is 38.2 Å². The number of carboxylic acid groups (broad SMARTS) is 1. The number of aliphatic hydroxyl groups excluding tert-OH is 1. The second-order valence-corrected chi connectivity index (χ2v) is 5.19. The number of carbonyl (C=O) groups is 1. The third-order valence-electron chi connectivity index (χ3n) is 3.98. The van der Waals surface area contributed by atoms with E-state index in [1.165, 1.54) is 5.56 Å². The molecule has 98 valence electrons. The van der Waals surface area contributed by atoms with Crippen LogP contribution in [0.5, 0.6) is 0 Å². The Kier molecular flexibility index (Phi) is 4.37. The summed E-state index contributed by atoms with van der Waals surface area (Å²) >= 11 is 0. The summed E-state index contributed by atoms with van der Waals surface area (Å²) < 4.78 is 0. The molecule has 0 saturated heterocycles. The number of rotatable bonds is 5. The van der Waals surface area contributed by atoms with Gasteiger partial charge in [0.1, 0.15) is 0 Å². The van der Waals surface area contributed by atoms with E-state index < -0.39 is 5.97 Å². The van der Waals surface area contributed by atoms with Crippen molar-refractivity contribution in [2.24, 2.45) is 11.8 Å². The van der Waals surface area contributed by atoms with Gasteiger partial charge in [0.15, 0.2) is 0 Å².